The lowest BCUT2D eigenvalue weighted by molar-refractivity contribution is 0.416. The number of H-pyrrole nitrogens is 1. The van der Waals surface area contributed by atoms with Crippen molar-refractivity contribution in [3.8, 4) is 5.75 Å². The van der Waals surface area contributed by atoms with Crippen molar-refractivity contribution >= 4 is 17.3 Å². The summed E-state index contributed by atoms with van der Waals surface area (Å²) in [5.74, 6) is 1.78. The summed E-state index contributed by atoms with van der Waals surface area (Å²) in [6.07, 6.45) is 3.19. The summed E-state index contributed by atoms with van der Waals surface area (Å²) in [5, 5.41) is 3.89. The summed E-state index contributed by atoms with van der Waals surface area (Å²) in [6, 6.07) is 6.04. The minimum atomic E-state index is 0.542. The van der Waals surface area contributed by atoms with Crippen molar-refractivity contribution in [3.63, 3.8) is 0 Å². The van der Waals surface area contributed by atoms with E-state index in [0.29, 0.717) is 11.7 Å². The van der Waals surface area contributed by atoms with Crippen molar-refractivity contribution < 1.29 is 4.74 Å². The van der Waals surface area contributed by atoms with Crippen LogP contribution < -0.4 is 10.1 Å². The number of nitrogens with zero attached hydrogens (tertiary/aromatic N) is 1. The van der Waals surface area contributed by atoms with Crippen LogP contribution in [0.2, 0.25) is 5.15 Å². The molecule has 4 nitrogen and oxygen atoms in total. The molecule has 1 aromatic heterocycles. The Morgan fingerprint density at radius 2 is 2.19 bits per heavy atom. The Kier molecular flexibility index (Phi) is 5.51. The number of anilines is 1. The maximum absolute atomic E-state index is 6.18. The number of benzene rings is 1. The monoisotopic (exact) mass is 307 g/mol. The van der Waals surface area contributed by atoms with Gasteiger partial charge in [-0.25, -0.2) is 4.98 Å². The summed E-state index contributed by atoms with van der Waals surface area (Å²) in [7, 11) is 1.67. The summed E-state index contributed by atoms with van der Waals surface area (Å²) < 4.78 is 5.36. The normalized spacial score (nSPS) is 10.7. The molecule has 5 heteroatoms. The van der Waals surface area contributed by atoms with Crippen LogP contribution in [-0.4, -0.2) is 17.1 Å². The molecule has 21 heavy (non-hydrogen) atoms. The topological polar surface area (TPSA) is 49.9 Å². The van der Waals surface area contributed by atoms with Crippen molar-refractivity contribution in [2.45, 2.75) is 39.7 Å². The molecule has 0 amide bonds. The molecule has 0 saturated carbocycles. The maximum atomic E-state index is 6.18. The van der Waals surface area contributed by atoms with Gasteiger partial charge in [0.2, 0.25) is 0 Å². The highest BCUT2D eigenvalue weighted by atomic mass is 35.5. The lowest BCUT2D eigenvalue weighted by atomic mass is 10.2. The van der Waals surface area contributed by atoms with Gasteiger partial charge in [0.1, 0.15) is 11.6 Å². The molecule has 0 saturated heterocycles. The zero-order valence-corrected chi connectivity index (χ0v) is 13.5. The third-order valence-corrected chi connectivity index (χ3v) is 3.67. The number of aromatic nitrogens is 2. The second-order valence-electron chi connectivity index (χ2n) is 5.11. The highest BCUT2D eigenvalue weighted by Gasteiger charge is 2.09. The van der Waals surface area contributed by atoms with E-state index in [2.05, 4.69) is 35.2 Å². The number of hydrogen-bond donors (Lipinski definition) is 2. The van der Waals surface area contributed by atoms with E-state index in [9.17, 15) is 0 Å². The van der Waals surface area contributed by atoms with Crippen LogP contribution in [0.25, 0.3) is 0 Å². The number of nitrogens with one attached hydrogen (secondary N) is 2. The van der Waals surface area contributed by atoms with Gasteiger partial charge in [-0.15, -0.1) is 0 Å². The van der Waals surface area contributed by atoms with Crippen LogP contribution in [0, 0.1) is 6.92 Å². The predicted molar refractivity (Wildman–Crippen MR) is 87.3 cm³/mol. The van der Waals surface area contributed by atoms with Crippen LogP contribution in [0.5, 0.6) is 5.75 Å². The van der Waals surface area contributed by atoms with Gasteiger partial charge < -0.3 is 15.0 Å². The molecule has 0 aliphatic heterocycles. The molecule has 0 atom stereocenters. The molecule has 2 N–H and O–H groups in total. The first-order chi connectivity index (χ1) is 10.1. The highest BCUT2D eigenvalue weighted by Crippen LogP contribution is 2.26. The van der Waals surface area contributed by atoms with E-state index in [0.717, 1.165) is 42.2 Å². The zero-order valence-electron chi connectivity index (χ0n) is 12.8. The van der Waals surface area contributed by atoms with Gasteiger partial charge in [0.25, 0.3) is 0 Å². The number of aryl methyl sites for hydroxylation is 2. The molecule has 0 bridgehead atoms. The number of rotatable bonds is 7. The summed E-state index contributed by atoms with van der Waals surface area (Å²) >= 11 is 6.18. The molecule has 0 fully saturated rings. The van der Waals surface area contributed by atoms with Crippen LogP contribution in [-0.2, 0) is 13.0 Å². The number of unbranched alkanes of at least 4 members (excludes halogenated alkanes) is 1. The van der Waals surface area contributed by atoms with Gasteiger partial charge in [-0.05, 0) is 31.0 Å². The average molecular weight is 308 g/mol. The minimum Gasteiger partial charge on any atom is -0.495 e. The molecular formula is C16H22ClN3O. The number of ether oxygens (including phenoxy) is 1. The van der Waals surface area contributed by atoms with Gasteiger partial charge in [-0.2, -0.15) is 0 Å². The van der Waals surface area contributed by atoms with Gasteiger partial charge in [-0.3, -0.25) is 0 Å². The standard InChI is InChI=1S/C16H22ClN3O/c1-4-5-6-15-19-13(16(17)20-15)10-18-12-9-11(2)7-8-14(12)21-3/h7-9,18H,4-6,10H2,1-3H3,(H,19,20). The Hall–Kier alpha value is -1.68. The van der Waals surface area contributed by atoms with Gasteiger partial charge in [0, 0.05) is 6.42 Å². The van der Waals surface area contributed by atoms with Crippen LogP contribution in [0.15, 0.2) is 18.2 Å². The van der Waals surface area contributed by atoms with Crippen molar-refractivity contribution in [1.29, 1.82) is 0 Å². The molecule has 1 aromatic carbocycles. The molecule has 2 rings (SSSR count). The van der Waals surface area contributed by atoms with Crippen LogP contribution >= 0.6 is 11.6 Å². The molecular weight excluding hydrogens is 286 g/mol. The fourth-order valence-electron chi connectivity index (χ4n) is 2.16. The van der Waals surface area contributed by atoms with E-state index in [1.807, 2.05) is 12.1 Å². The molecule has 0 aliphatic rings. The van der Waals surface area contributed by atoms with Crippen molar-refractivity contribution in [1.82, 2.24) is 9.97 Å². The Balaban J connectivity index is 2.06. The second-order valence-corrected chi connectivity index (χ2v) is 5.47. The first-order valence-corrected chi connectivity index (χ1v) is 7.63. The van der Waals surface area contributed by atoms with Crippen LogP contribution in [0.3, 0.4) is 0 Å². The smallest absolute Gasteiger partial charge is 0.152 e. The first kappa shape index (κ1) is 15.7. The second kappa shape index (κ2) is 7.36. The summed E-state index contributed by atoms with van der Waals surface area (Å²) in [4.78, 5) is 7.65. The third kappa shape index (κ3) is 4.14. The zero-order chi connectivity index (χ0) is 15.2. The third-order valence-electron chi connectivity index (χ3n) is 3.36. The van der Waals surface area contributed by atoms with Crippen LogP contribution in [0.4, 0.5) is 5.69 Å². The number of imidazole rings is 1. The van der Waals surface area contributed by atoms with E-state index < -0.39 is 0 Å². The lowest BCUT2D eigenvalue weighted by Gasteiger charge is -2.11. The average Bonchev–Trinajstić information content (AvgIpc) is 2.83. The van der Waals surface area contributed by atoms with Gasteiger partial charge in [-0.1, -0.05) is 31.0 Å². The Bertz CT molecular complexity index is 595. The number of methoxy groups -OCH3 is 1. The van der Waals surface area contributed by atoms with Crippen LogP contribution in [0.1, 0.15) is 36.8 Å². The van der Waals surface area contributed by atoms with Gasteiger partial charge >= 0.3 is 0 Å². The van der Waals surface area contributed by atoms with E-state index in [1.165, 1.54) is 5.56 Å². The largest absolute Gasteiger partial charge is 0.495 e. The number of aromatic amines is 1. The molecule has 0 radical (unpaired) electrons. The highest BCUT2D eigenvalue weighted by molar-refractivity contribution is 6.30. The quantitative estimate of drug-likeness (QED) is 0.800. The maximum Gasteiger partial charge on any atom is 0.152 e. The lowest BCUT2D eigenvalue weighted by Crippen LogP contribution is -2.02. The Morgan fingerprint density at radius 1 is 1.38 bits per heavy atom. The predicted octanol–water partition coefficient (Wildman–Crippen LogP) is 4.33. The summed E-state index contributed by atoms with van der Waals surface area (Å²) in [6.45, 7) is 4.81. The van der Waals surface area contributed by atoms with E-state index >= 15 is 0 Å². The number of halogens is 1. The van der Waals surface area contributed by atoms with E-state index in [4.69, 9.17) is 16.3 Å². The molecule has 0 aliphatic carbocycles. The van der Waals surface area contributed by atoms with E-state index in [1.54, 1.807) is 7.11 Å². The Morgan fingerprint density at radius 3 is 2.90 bits per heavy atom. The Labute approximate surface area is 130 Å². The number of hydrogen-bond acceptors (Lipinski definition) is 3. The van der Waals surface area contributed by atoms with E-state index in [-0.39, 0.29) is 0 Å². The van der Waals surface area contributed by atoms with Gasteiger partial charge in [0.05, 0.1) is 25.0 Å². The minimum absolute atomic E-state index is 0.542. The molecule has 0 spiro atoms. The first-order valence-electron chi connectivity index (χ1n) is 7.25. The molecule has 0 unspecified atom stereocenters. The summed E-state index contributed by atoms with van der Waals surface area (Å²) in [5.41, 5.74) is 3.04. The van der Waals surface area contributed by atoms with Crippen molar-refractivity contribution in [2.75, 3.05) is 12.4 Å². The molecule has 1 heterocycles. The van der Waals surface area contributed by atoms with Crippen molar-refractivity contribution in [3.05, 3.63) is 40.4 Å². The SMILES string of the molecule is CCCCc1nc(Cl)c(CNc2cc(C)ccc2OC)[nH]1. The molecule has 2 aromatic rings. The molecule has 114 valence electrons. The van der Waals surface area contributed by atoms with Gasteiger partial charge in [0.15, 0.2) is 5.15 Å². The fourth-order valence-corrected chi connectivity index (χ4v) is 2.38. The van der Waals surface area contributed by atoms with Crippen molar-refractivity contribution in [2.24, 2.45) is 0 Å². The fraction of sp³-hybridized carbons (Fsp3) is 0.438.